The van der Waals surface area contributed by atoms with Gasteiger partial charge in [-0.2, -0.15) is 0 Å². The first-order chi connectivity index (χ1) is 15.8. The molecule has 0 spiro atoms. The van der Waals surface area contributed by atoms with Gasteiger partial charge in [-0.05, 0) is 77.4 Å². The van der Waals surface area contributed by atoms with Crippen molar-refractivity contribution in [3.8, 4) is 0 Å². The molecule has 0 aliphatic carbocycles. The lowest BCUT2D eigenvalue weighted by Gasteiger charge is -2.12. The topological polar surface area (TPSA) is 59.8 Å². The normalized spacial score (nSPS) is 10.9. The Morgan fingerprint density at radius 3 is 2.55 bits per heavy atom. The highest BCUT2D eigenvalue weighted by Crippen LogP contribution is 2.27. The third-order valence-electron chi connectivity index (χ3n) is 4.68. The molecule has 0 aliphatic rings. The third kappa shape index (κ3) is 7.39. The molecule has 1 aromatic heterocycles. The molecule has 3 rings (SSSR count). The van der Waals surface area contributed by atoms with Gasteiger partial charge in [0.2, 0.25) is 5.91 Å². The maximum atomic E-state index is 12.6. The molecule has 174 valence electrons. The second-order valence-corrected chi connectivity index (χ2v) is 11.3. The van der Waals surface area contributed by atoms with Crippen LogP contribution < -0.4 is 5.32 Å². The maximum absolute atomic E-state index is 12.6. The van der Waals surface area contributed by atoms with Gasteiger partial charge in [0.05, 0.1) is 21.6 Å². The molecule has 33 heavy (non-hydrogen) atoms. The van der Waals surface area contributed by atoms with Gasteiger partial charge >= 0.3 is 0 Å². The van der Waals surface area contributed by atoms with Crippen molar-refractivity contribution < 1.29 is 4.79 Å². The summed E-state index contributed by atoms with van der Waals surface area (Å²) in [5.41, 5.74) is 4.06. The lowest BCUT2D eigenvalue weighted by atomic mass is 10.1. The van der Waals surface area contributed by atoms with Crippen LogP contribution in [0.3, 0.4) is 0 Å². The van der Waals surface area contributed by atoms with E-state index in [1.165, 1.54) is 11.8 Å². The molecular formula is C23H23Cl2IN4OS2. The van der Waals surface area contributed by atoms with E-state index in [9.17, 15) is 4.79 Å². The Labute approximate surface area is 226 Å². The van der Waals surface area contributed by atoms with E-state index >= 15 is 0 Å². The molecule has 5 nitrogen and oxygen atoms in total. The Kier molecular flexibility index (Phi) is 9.99. The molecule has 10 heteroatoms. The molecule has 0 saturated carbocycles. The standard InChI is InChI=1S/C23H23Cl2IN4OS2/c1-4-7-30-20(12-32-11-16-5-6-18(24)19(25)10-16)28-29-23(30)33-13-21(31)27-22-14(2)8-17(26)9-15(22)3/h4-6,8-10H,1,7,11-13H2,2-3H3,(H,27,31). The van der Waals surface area contributed by atoms with Gasteiger partial charge in [0, 0.05) is 21.6 Å². The molecule has 0 radical (unpaired) electrons. The smallest absolute Gasteiger partial charge is 0.234 e. The molecule has 1 heterocycles. The number of hydrogen-bond acceptors (Lipinski definition) is 5. The molecule has 0 saturated heterocycles. The zero-order chi connectivity index (χ0) is 24.0. The average molecular weight is 633 g/mol. The second-order valence-electron chi connectivity index (χ2n) is 7.29. The first kappa shape index (κ1) is 26.4. The number of benzene rings is 2. The van der Waals surface area contributed by atoms with Gasteiger partial charge in [-0.1, -0.05) is 47.1 Å². The summed E-state index contributed by atoms with van der Waals surface area (Å²) in [6, 6.07) is 9.76. The van der Waals surface area contributed by atoms with Crippen LogP contribution in [0.4, 0.5) is 5.69 Å². The number of allylic oxidation sites excluding steroid dienone is 1. The van der Waals surface area contributed by atoms with E-state index in [0.717, 1.165) is 37.5 Å². The first-order valence-corrected chi connectivity index (χ1v) is 14.0. The van der Waals surface area contributed by atoms with Crippen molar-refractivity contribution in [1.82, 2.24) is 14.8 Å². The van der Waals surface area contributed by atoms with Crippen LogP contribution in [0.25, 0.3) is 0 Å². The summed E-state index contributed by atoms with van der Waals surface area (Å²) < 4.78 is 3.14. The number of halogens is 3. The van der Waals surface area contributed by atoms with E-state index in [2.05, 4.69) is 56.8 Å². The van der Waals surface area contributed by atoms with Gasteiger partial charge in [-0.3, -0.25) is 4.79 Å². The molecule has 0 aliphatic heterocycles. The van der Waals surface area contributed by atoms with E-state index in [4.69, 9.17) is 23.2 Å². The lowest BCUT2D eigenvalue weighted by molar-refractivity contribution is -0.113. The third-order valence-corrected chi connectivity index (χ3v) is 8.01. The number of aromatic nitrogens is 3. The largest absolute Gasteiger partial charge is 0.325 e. The average Bonchev–Trinajstić information content (AvgIpc) is 3.13. The molecule has 1 N–H and O–H groups in total. The number of carbonyl (C=O) groups is 1. The summed E-state index contributed by atoms with van der Waals surface area (Å²) in [6.45, 7) is 8.42. The lowest BCUT2D eigenvalue weighted by Crippen LogP contribution is -2.16. The number of amides is 1. The van der Waals surface area contributed by atoms with Crippen molar-refractivity contribution in [2.45, 2.75) is 37.1 Å². The minimum absolute atomic E-state index is 0.0731. The van der Waals surface area contributed by atoms with Crippen LogP contribution in [0.2, 0.25) is 10.0 Å². The molecule has 2 aromatic carbocycles. The Hall–Kier alpha value is -1.20. The fourth-order valence-corrected chi connectivity index (χ4v) is 6.08. The summed E-state index contributed by atoms with van der Waals surface area (Å²) in [6.07, 6.45) is 1.80. The van der Waals surface area contributed by atoms with Crippen molar-refractivity contribution in [3.63, 3.8) is 0 Å². The number of thioether (sulfide) groups is 2. The molecule has 3 aromatic rings. The SMILES string of the molecule is C=CCn1c(CSCc2ccc(Cl)c(Cl)c2)nnc1SCC(=O)Nc1c(C)cc(I)cc1C. The number of rotatable bonds is 10. The van der Waals surface area contributed by atoms with E-state index in [1.807, 2.05) is 30.5 Å². The summed E-state index contributed by atoms with van der Waals surface area (Å²) in [5.74, 6) is 2.46. The van der Waals surface area contributed by atoms with Crippen LogP contribution >= 0.6 is 69.3 Å². The first-order valence-electron chi connectivity index (χ1n) is 10.0. The Balaban J connectivity index is 1.60. The van der Waals surface area contributed by atoms with Crippen LogP contribution in [-0.2, 0) is 22.8 Å². The zero-order valence-electron chi connectivity index (χ0n) is 18.2. The summed E-state index contributed by atoms with van der Waals surface area (Å²) in [5, 5.41) is 13.5. The van der Waals surface area contributed by atoms with E-state index in [-0.39, 0.29) is 11.7 Å². The predicted molar refractivity (Wildman–Crippen MR) is 150 cm³/mol. The monoisotopic (exact) mass is 632 g/mol. The van der Waals surface area contributed by atoms with Crippen LogP contribution in [0.1, 0.15) is 22.5 Å². The second kappa shape index (κ2) is 12.5. The van der Waals surface area contributed by atoms with E-state index in [0.29, 0.717) is 27.5 Å². The van der Waals surface area contributed by atoms with Crippen molar-refractivity contribution in [2.75, 3.05) is 11.1 Å². The molecule has 0 atom stereocenters. The minimum Gasteiger partial charge on any atom is -0.325 e. The number of hydrogen-bond donors (Lipinski definition) is 1. The van der Waals surface area contributed by atoms with Crippen LogP contribution in [0.15, 0.2) is 48.1 Å². The zero-order valence-corrected chi connectivity index (χ0v) is 23.5. The summed E-state index contributed by atoms with van der Waals surface area (Å²) >= 11 is 17.4. The summed E-state index contributed by atoms with van der Waals surface area (Å²) in [7, 11) is 0. The van der Waals surface area contributed by atoms with Crippen molar-refractivity contribution in [1.29, 1.82) is 0 Å². The number of aryl methyl sites for hydroxylation is 2. The maximum Gasteiger partial charge on any atom is 0.234 e. The van der Waals surface area contributed by atoms with E-state index < -0.39 is 0 Å². The van der Waals surface area contributed by atoms with Gasteiger partial charge in [-0.15, -0.1) is 28.5 Å². The van der Waals surface area contributed by atoms with Crippen molar-refractivity contribution >= 4 is 80.9 Å². The quantitative estimate of drug-likeness (QED) is 0.146. The molecule has 0 unspecified atom stereocenters. The van der Waals surface area contributed by atoms with E-state index in [1.54, 1.807) is 23.9 Å². The van der Waals surface area contributed by atoms with Gasteiger partial charge < -0.3 is 9.88 Å². The fourth-order valence-electron chi connectivity index (χ4n) is 3.15. The van der Waals surface area contributed by atoms with Crippen LogP contribution in [-0.4, -0.2) is 26.4 Å². The van der Waals surface area contributed by atoms with Crippen LogP contribution in [0, 0.1) is 17.4 Å². The van der Waals surface area contributed by atoms with Gasteiger partial charge in [0.25, 0.3) is 0 Å². The van der Waals surface area contributed by atoms with Crippen LogP contribution in [0.5, 0.6) is 0 Å². The molecule has 1 amide bonds. The number of nitrogens with zero attached hydrogens (tertiary/aromatic N) is 3. The predicted octanol–water partition coefficient (Wildman–Crippen LogP) is 7.16. The highest BCUT2D eigenvalue weighted by Gasteiger charge is 2.15. The highest BCUT2D eigenvalue weighted by atomic mass is 127. The Morgan fingerprint density at radius 2 is 1.88 bits per heavy atom. The Morgan fingerprint density at radius 1 is 1.15 bits per heavy atom. The number of anilines is 1. The van der Waals surface area contributed by atoms with Gasteiger partial charge in [0.15, 0.2) is 5.16 Å². The van der Waals surface area contributed by atoms with Crippen molar-refractivity contribution in [3.05, 3.63) is 79.1 Å². The van der Waals surface area contributed by atoms with Gasteiger partial charge in [0.1, 0.15) is 5.82 Å². The molecular weight excluding hydrogens is 610 g/mol. The number of carbonyl (C=O) groups excluding carboxylic acids is 1. The van der Waals surface area contributed by atoms with Crippen molar-refractivity contribution in [2.24, 2.45) is 0 Å². The molecule has 0 bridgehead atoms. The fraction of sp³-hybridized carbons (Fsp3) is 0.261. The summed E-state index contributed by atoms with van der Waals surface area (Å²) in [4.78, 5) is 12.6. The molecule has 0 fully saturated rings. The number of nitrogens with one attached hydrogen (secondary N) is 1. The Bertz CT molecular complexity index is 1150. The highest BCUT2D eigenvalue weighted by molar-refractivity contribution is 14.1. The van der Waals surface area contributed by atoms with Gasteiger partial charge in [-0.25, -0.2) is 0 Å². The minimum atomic E-state index is -0.0731.